The highest BCUT2D eigenvalue weighted by Gasteiger charge is 2.16. The maximum atomic E-state index is 11.4. The number of nitrogens with zero attached hydrogens (tertiary/aromatic N) is 3. The van der Waals surface area contributed by atoms with Crippen LogP contribution in [0.2, 0.25) is 0 Å². The molecule has 0 radical (unpaired) electrons. The van der Waals surface area contributed by atoms with E-state index < -0.39 is 10.0 Å². The van der Waals surface area contributed by atoms with Crippen LogP contribution in [0.4, 0.5) is 0 Å². The van der Waals surface area contributed by atoms with E-state index >= 15 is 0 Å². The van der Waals surface area contributed by atoms with Gasteiger partial charge in [0, 0.05) is 0 Å². The topological polar surface area (TPSA) is 100 Å². The summed E-state index contributed by atoms with van der Waals surface area (Å²) in [7, 11) is -2.14. The predicted octanol–water partition coefficient (Wildman–Crippen LogP) is 1.90. The summed E-state index contributed by atoms with van der Waals surface area (Å²) in [6.07, 6.45) is 0. The SMILES string of the molecule is COc1ccccc1-c1nc(C)nn1-c1ccc(S(N)(=O)=O)cc1. The third-order valence-electron chi connectivity index (χ3n) is 3.47. The Morgan fingerprint density at radius 1 is 1.08 bits per heavy atom. The minimum Gasteiger partial charge on any atom is -0.496 e. The third kappa shape index (κ3) is 3.01. The molecule has 0 fully saturated rings. The van der Waals surface area contributed by atoms with Crippen molar-refractivity contribution in [2.45, 2.75) is 11.8 Å². The monoisotopic (exact) mass is 344 g/mol. The Bertz CT molecular complexity index is 979. The molecule has 0 unspecified atom stereocenters. The molecule has 0 aliphatic rings. The Kier molecular flexibility index (Phi) is 4.08. The zero-order valence-electron chi connectivity index (χ0n) is 13.2. The summed E-state index contributed by atoms with van der Waals surface area (Å²) in [5.41, 5.74) is 1.46. The van der Waals surface area contributed by atoms with Gasteiger partial charge in [-0.3, -0.25) is 0 Å². The van der Waals surface area contributed by atoms with Crippen molar-refractivity contribution in [3.8, 4) is 22.8 Å². The molecule has 3 rings (SSSR count). The van der Waals surface area contributed by atoms with Crippen molar-refractivity contribution in [3.63, 3.8) is 0 Å². The molecule has 2 aromatic carbocycles. The molecule has 124 valence electrons. The number of rotatable bonds is 4. The number of sulfonamides is 1. The summed E-state index contributed by atoms with van der Waals surface area (Å²) in [5, 5.41) is 9.52. The highest BCUT2D eigenvalue weighted by molar-refractivity contribution is 7.89. The highest BCUT2D eigenvalue weighted by Crippen LogP contribution is 2.30. The minimum atomic E-state index is -3.73. The van der Waals surface area contributed by atoms with Crippen LogP contribution >= 0.6 is 0 Å². The fourth-order valence-electron chi connectivity index (χ4n) is 2.38. The normalized spacial score (nSPS) is 11.5. The number of para-hydroxylation sites is 1. The van der Waals surface area contributed by atoms with E-state index in [0.717, 1.165) is 5.56 Å². The molecule has 0 saturated heterocycles. The fraction of sp³-hybridized carbons (Fsp3) is 0.125. The number of aryl methyl sites for hydroxylation is 1. The molecule has 0 atom stereocenters. The van der Waals surface area contributed by atoms with Gasteiger partial charge in [0.1, 0.15) is 11.6 Å². The molecule has 0 aliphatic heterocycles. The molecule has 1 aromatic heterocycles. The van der Waals surface area contributed by atoms with Crippen LogP contribution in [-0.4, -0.2) is 30.3 Å². The fourth-order valence-corrected chi connectivity index (χ4v) is 2.89. The van der Waals surface area contributed by atoms with E-state index in [4.69, 9.17) is 9.88 Å². The van der Waals surface area contributed by atoms with Gasteiger partial charge in [-0.15, -0.1) is 0 Å². The zero-order chi connectivity index (χ0) is 17.3. The summed E-state index contributed by atoms with van der Waals surface area (Å²) in [6.45, 7) is 1.79. The van der Waals surface area contributed by atoms with Crippen molar-refractivity contribution >= 4 is 10.0 Å². The molecule has 2 N–H and O–H groups in total. The molecular weight excluding hydrogens is 328 g/mol. The molecule has 8 heteroatoms. The molecule has 1 heterocycles. The van der Waals surface area contributed by atoms with Gasteiger partial charge in [-0.1, -0.05) is 12.1 Å². The molecule has 24 heavy (non-hydrogen) atoms. The second-order valence-corrected chi connectivity index (χ2v) is 6.70. The molecular formula is C16H16N4O3S. The van der Waals surface area contributed by atoms with Gasteiger partial charge in [-0.05, 0) is 43.3 Å². The molecule has 0 saturated carbocycles. The van der Waals surface area contributed by atoms with Gasteiger partial charge in [0.15, 0.2) is 5.82 Å². The first-order valence-electron chi connectivity index (χ1n) is 7.10. The van der Waals surface area contributed by atoms with E-state index in [1.165, 1.54) is 12.1 Å². The standard InChI is InChI=1S/C16H16N4O3S/c1-11-18-16(14-5-3-4-6-15(14)23-2)20(19-11)12-7-9-13(10-8-12)24(17,21)22/h3-10H,1-2H3,(H2,17,21,22). The van der Waals surface area contributed by atoms with Gasteiger partial charge in [0.2, 0.25) is 10.0 Å². The lowest BCUT2D eigenvalue weighted by Gasteiger charge is -2.10. The quantitative estimate of drug-likeness (QED) is 0.779. The Balaban J connectivity index is 2.13. The summed E-state index contributed by atoms with van der Waals surface area (Å²) >= 11 is 0. The van der Waals surface area contributed by atoms with E-state index in [0.29, 0.717) is 23.1 Å². The van der Waals surface area contributed by atoms with E-state index in [-0.39, 0.29) is 4.90 Å². The molecule has 7 nitrogen and oxygen atoms in total. The van der Waals surface area contributed by atoms with Crippen LogP contribution in [0.15, 0.2) is 53.4 Å². The third-order valence-corrected chi connectivity index (χ3v) is 4.40. The Labute approximate surface area is 139 Å². The van der Waals surface area contributed by atoms with Gasteiger partial charge in [0.25, 0.3) is 0 Å². The smallest absolute Gasteiger partial charge is 0.238 e. The van der Waals surface area contributed by atoms with Gasteiger partial charge in [0.05, 0.1) is 23.3 Å². The van der Waals surface area contributed by atoms with Gasteiger partial charge in [-0.25, -0.2) is 23.2 Å². The van der Waals surface area contributed by atoms with Crippen LogP contribution in [0.5, 0.6) is 5.75 Å². The number of methoxy groups -OCH3 is 1. The number of ether oxygens (including phenoxy) is 1. The summed E-state index contributed by atoms with van der Waals surface area (Å²) < 4.78 is 29.8. The number of nitrogens with two attached hydrogens (primary N) is 1. The Morgan fingerprint density at radius 2 is 1.75 bits per heavy atom. The summed E-state index contributed by atoms with van der Waals surface area (Å²) in [5.74, 6) is 1.87. The lowest BCUT2D eigenvalue weighted by molar-refractivity contribution is 0.416. The van der Waals surface area contributed by atoms with Crippen molar-refractivity contribution in [2.75, 3.05) is 7.11 Å². The number of hydrogen-bond donors (Lipinski definition) is 1. The first kappa shape index (κ1) is 16.2. The van der Waals surface area contributed by atoms with Crippen molar-refractivity contribution in [3.05, 3.63) is 54.4 Å². The maximum absolute atomic E-state index is 11.4. The van der Waals surface area contributed by atoms with E-state index in [1.54, 1.807) is 30.8 Å². The molecule has 0 amide bonds. The van der Waals surface area contributed by atoms with Crippen LogP contribution in [0.25, 0.3) is 17.1 Å². The van der Waals surface area contributed by atoms with Crippen molar-refractivity contribution in [2.24, 2.45) is 5.14 Å². The van der Waals surface area contributed by atoms with E-state index in [2.05, 4.69) is 10.1 Å². The average molecular weight is 344 g/mol. The van der Waals surface area contributed by atoms with Gasteiger partial charge in [-0.2, -0.15) is 5.10 Å². The van der Waals surface area contributed by atoms with Crippen LogP contribution < -0.4 is 9.88 Å². The number of primary sulfonamides is 1. The lowest BCUT2D eigenvalue weighted by atomic mass is 10.2. The first-order chi connectivity index (χ1) is 11.4. The number of hydrogen-bond acceptors (Lipinski definition) is 5. The number of benzene rings is 2. The van der Waals surface area contributed by atoms with Crippen LogP contribution in [0, 0.1) is 6.92 Å². The van der Waals surface area contributed by atoms with Crippen LogP contribution in [0.1, 0.15) is 5.82 Å². The lowest BCUT2D eigenvalue weighted by Crippen LogP contribution is -2.12. The van der Waals surface area contributed by atoms with Crippen molar-refractivity contribution in [1.29, 1.82) is 0 Å². The second-order valence-electron chi connectivity index (χ2n) is 5.13. The second kappa shape index (κ2) is 6.06. The highest BCUT2D eigenvalue weighted by atomic mass is 32.2. The first-order valence-corrected chi connectivity index (χ1v) is 8.65. The van der Waals surface area contributed by atoms with Crippen molar-refractivity contribution < 1.29 is 13.2 Å². The van der Waals surface area contributed by atoms with E-state index in [9.17, 15) is 8.42 Å². The minimum absolute atomic E-state index is 0.0435. The van der Waals surface area contributed by atoms with Crippen LogP contribution in [-0.2, 0) is 10.0 Å². The Hall–Kier alpha value is -2.71. The molecule has 0 aliphatic carbocycles. The van der Waals surface area contributed by atoms with Crippen LogP contribution in [0.3, 0.4) is 0 Å². The molecule has 0 bridgehead atoms. The zero-order valence-corrected chi connectivity index (χ0v) is 14.0. The summed E-state index contributed by atoms with van der Waals surface area (Å²) in [6, 6.07) is 13.6. The van der Waals surface area contributed by atoms with Gasteiger partial charge >= 0.3 is 0 Å². The number of aromatic nitrogens is 3. The van der Waals surface area contributed by atoms with Crippen molar-refractivity contribution in [1.82, 2.24) is 14.8 Å². The Morgan fingerprint density at radius 3 is 2.38 bits per heavy atom. The van der Waals surface area contributed by atoms with Gasteiger partial charge < -0.3 is 4.74 Å². The van der Waals surface area contributed by atoms with E-state index in [1.807, 2.05) is 24.3 Å². The average Bonchev–Trinajstić information content (AvgIpc) is 2.96. The largest absolute Gasteiger partial charge is 0.496 e. The molecule has 3 aromatic rings. The molecule has 0 spiro atoms. The summed E-state index contributed by atoms with van der Waals surface area (Å²) in [4.78, 5) is 4.51. The maximum Gasteiger partial charge on any atom is 0.238 e. The predicted molar refractivity (Wildman–Crippen MR) is 89.5 cm³/mol.